The third-order valence-electron chi connectivity index (χ3n) is 5.25. The Kier molecular flexibility index (Phi) is 6.28. The Labute approximate surface area is 194 Å². The van der Waals surface area contributed by atoms with Crippen molar-refractivity contribution in [1.82, 2.24) is 4.90 Å². The molecule has 3 aromatic carbocycles. The van der Waals surface area contributed by atoms with Gasteiger partial charge in [0.1, 0.15) is 0 Å². The van der Waals surface area contributed by atoms with Gasteiger partial charge >= 0.3 is 5.69 Å². The van der Waals surface area contributed by atoms with Crippen LogP contribution in [0.25, 0.3) is 6.08 Å². The number of nitrogens with zero attached hydrogens (tertiary/aromatic N) is 2. The molecule has 4 rings (SSSR count). The number of hydrogen-bond donors (Lipinski definition) is 1. The van der Waals surface area contributed by atoms with Crippen LogP contribution in [-0.2, 0) is 17.8 Å². The minimum Gasteiger partial charge on any atom is -0.502 e. The molecule has 2 amide bonds. The zero-order valence-corrected chi connectivity index (χ0v) is 18.5. The Hall–Kier alpha value is -3.91. The number of phenols is 1. The first-order valence-electron chi connectivity index (χ1n) is 10.2. The minimum atomic E-state index is -0.662. The molecule has 0 atom stereocenters. The number of phenolic OH excluding ortho intramolecular Hbond substituents is 1. The molecule has 1 heterocycles. The van der Waals surface area contributed by atoms with Crippen molar-refractivity contribution in [3.8, 4) is 5.75 Å². The lowest BCUT2D eigenvalue weighted by atomic mass is 10.0. The first-order chi connectivity index (χ1) is 15.8. The van der Waals surface area contributed by atoms with Crippen molar-refractivity contribution in [2.75, 3.05) is 0 Å². The molecular weight excluding hydrogens is 440 g/mol. The van der Waals surface area contributed by atoms with Crippen LogP contribution in [0.1, 0.15) is 27.8 Å². The normalized spacial score (nSPS) is 14.8. The molecule has 1 N–H and O–H groups in total. The first-order valence-corrected chi connectivity index (χ1v) is 11.0. The Morgan fingerprint density at radius 1 is 1.00 bits per heavy atom. The minimum absolute atomic E-state index is 0.105. The molecule has 8 heteroatoms. The first kappa shape index (κ1) is 22.3. The lowest BCUT2D eigenvalue weighted by Gasteiger charge is -2.12. The third kappa shape index (κ3) is 4.96. The van der Waals surface area contributed by atoms with Gasteiger partial charge in [0.2, 0.25) is 5.75 Å². The van der Waals surface area contributed by atoms with Crippen LogP contribution in [0.15, 0.2) is 71.6 Å². The number of aryl methyl sites for hydroxylation is 1. The standard InChI is InChI=1S/C25H20N2O5S/c1-16-7-9-18(10-8-16)15-26-24(29)22(33-25(26)30)14-20-12-19(11-17-5-3-2-4-6-17)13-21(23(20)28)27(31)32/h2-10,12-14,28H,11,15H2,1H3/b22-14-. The molecule has 0 unspecified atom stereocenters. The smallest absolute Gasteiger partial charge is 0.311 e. The number of aromatic hydroxyl groups is 1. The second kappa shape index (κ2) is 9.30. The average molecular weight is 461 g/mol. The SMILES string of the molecule is Cc1ccc(CN2C(=O)S/C(=C\c3cc(Cc4ccccc4)cc([N+](=O)[O-])c3O)C2=O)cc1. The highest BCUT2D eigenvalue weighted by Crippen LogP contribution is 2.38. The number of nitro groups is 1. The lowest BCUT2D eigenvalue weighted by Crippen LogP contribution is -2.27. The van der Waals surface area contributed by atoms with E-state index >= 15 is 0 Å². The van der Waals surface area contributed by atoms with Crippen LogP contribution in [-0.4, -0.2) is 26.1 Å². The number of hydrogen-bond acceptors (Lipinski definition) is 6. The molecule has 7 nitrogen and oxygen atoms in total. The van der Waals surface area contributed by atoms with Crippen molar-refractivity contribution >= 4 is 34.7 Å². The van der Waals surface area contributed by atoms with Crippen LogP contribution < -0.4 is 0 Å². The van der Waals surface area contributed by atoms with Gasteiger partial charge < -0.3 is 5.11 Å². The zero-order valence-electron chi connectivity index (χ0n) is 17.7. The van der Waals surface area contributed by atoms with Crippen molar-refractivity contribution in [1.29, 1.82) is 0 Å². The number of nitro benzene ring substituents is 1. The lowest BCUT2D eigenvalue weighted by molar-refractivity contribution is -0.385. The Morgan fingerprint density at radius 3 is 2.36 bits per heavy atom. The van der Waals surface area contributed by atoms with Crippen molar-refractivity contribution in [3.05, 3.63) is 110 Å². The van der Waals surface area contributed by atoms with Gasteiger partial charge in [0.25, 0.3) is 11.1 Å². The largest absolute Gasteiger partial charge is 0.502 e. The summed E-state index contributed by atoms with van der Waals surface area (Å²) in [4.78, 5) is 37.4. The fourth-order valence-electron chi connectivity index (χ4n) is 3.54. The molecule has 0 aromatic heterocycles. The van der Waals surface area contributed by atoms with Gasteiger partial charge in [-0.1, -0.05) is 60.2 Å². The fourth-order valence-corrected chi connectivity index (χ4v) is 4.37. The molecular formula is C25H20N2O5S. The van der Waals surface area contributed by atoms with Gasteiger partial charge in [-0.2, -0.15) is 0 Å². The molecule has 0 saturated carbocycles. The average Bonchev–Trinajstić information content (AvgIpc) is 3.05. The van der Waals surface area contributed by atoms with E-state index in [0.29, 0.717) is 12.0 Å². The summed E-state index contributed by atoms with van der Waals surface area (Å²) in [5, 5.41) is 21.6. The van der Waals surface area contributed by atoms with Gasteiger partial charge in [-0.15, -0.1) is 0 Å². The Morgan fingerprint density at radius 2 is 1.70 bits per heavy atom. The molecule has 1 aliphatic rings. The molecule has 0 radical (unpaired) electrons. The number of rotatable bonds is 6. The van der Waals surface area contributed by atoms with Crippen molar-refractivity contribution in [3.63, 3.8) is 0 Å². The zero-order chi connectivity index (χ0) is 23.5. The van der Waals surface area contributed by atoms with E-state index in [4.69, 9.17) is 0 Å². The van der Waals surface area contributed by atoms with Crippen LogP contribution in [0.4, 0.5) is 10.5 Å². The fraction of sp³-hybridized carbons (Fsp3) is 0.120. The third-order valence-corrected chi connectivity index (χ3v) is 6.16. The highest BCUT2D eigenvalue weighted by molar-refractivity contribution is 8.18. The molecule has 0 aliphatic carbocycles. The van der Waals surface area contributed by atoms with Gasteiger partial charge in [-0.05, 0) is 53.9 Å². The summed E-state index contributed by atoms with van der Waals surface area (Å²) >= 11 is 0.749. The van der Waals surface area contributed by atoms with Crippen LogP contribution >= 0.6 is 11.8 Å². The summed E-state index contributed by atoms with van der Waals surface area (Å²) in [6.07, 6.45) is 1.76. The van der Waals surface area contributed by atoms with Gasteiger partial charge in [-0.25, -0.2) is 0 Å². The summed E-state index contributed by atoms with van der Waals surface area (Å²) in [6, 6.07) is 19.8. The van der Waals surface area contributed by atoms with Crippen molar-refractivity contribution < 1.29 is 19.6 Å². The molecule has 1 saturated heterocycles. The highest BCUT2D eigenvalue weighted by Gasteiger charge is 2.35. The van der Waals surface area contributed by atoms with Crippen LogP contribution in [0.3, 0.4) is 0 Å². The Balaban J connectivity index is 1.65. The van der Waals surface area contributed by atoms with E-state index in [2.05, 4.69) is 0 Å². The number of benzene rings is 3. The summed E-state index contributed by atoms with van der Waals surface area (Å²) in [7, 11) is 0. The summed E-state index contributed by atoms with van der Waals surface area (Å²) in [5.41, 5.74) is 3.11. The van der Waals surface area contributed by atoms with E-state index in [-0.39, 0.29) is 17.0 Å². The van der Waals surface area contributed by atoms with E-state index in [1.54, 1.807) is 6.07 Å². The van der Waals surface area contributed by atoms with E-state index in [1.165, 1.54) is 12.1 Å². The molecule has 3 aromatic rings. The summed E-state index contributed by atoms with van der Waals surface area (Å²) < 4.78 is 0. The van der Waals surface area contributed by atoms with Crippen molar-refractivity contribution in [2.45, 2.75) is 19.9 Å². The number of thioether (sulfide) groups is 1. The second-order valence-corrected chi connectivity index (χ2v) is 8.72. The van der Waals surface area contributed by atoms with E-state index in [9.17, 15) is 24.8 Å². The van der Waals surface area contributed by atoms with E-state index in [0.717, 1.165) is 33.4 Å². The molecule has 166 valence electrons. The predicted octanol–water partition coefficient (Wildman–Crippen LogP) is 5.44. The predicted molar refractivity (Wildman–Crippen MR) is 127 cm³/mol. The molecule has 0 bridgehead atoms. The van der Waals surface area contributed by atoms with Crippen molar-refractivity contribution in [2.24, 2.45) is 0 Å². The number of carbonyl (C=O) groups excluding carboxylic acids is 2. The van der Waals surface area contributed by atoms with E-state index in [1.807, 2.05) is 61.5 Å². The number of amides is 2. The quantitative estimate of drug-likeness (QED) is 0.299. The monoisotopic (exact) mass is 460 g/mol. The van der Waals surface area contributed by atoms with Gasteiger partial charge in [-0.3, -0.25) is 24.6 Å². The molecule has 33 heavy (non-hydrogen) atoms. The maximum absolute atomic E-state index is 12.9. The Bertz CT molecular complexity index is 1270. The van der Waals surface area contributed by atoms with Gasteiger partial charge in [0.05, 0.1) is 16.4 Å². The van der Waals surface area contributed by atoms with Gasteiger partial charge in [0.15, 0.2) is 0 Å². The van der Waals surface area contributed by atoms with Crippen LogP contribution in [0.5, 0.6) is 5.75 Å². The number of imide groups is 1. The molecule has 0 spiro atoms. The summed E-state index contributed by atoms with van der Waals surface area (Å²) in [6.45, 7) is 2.08. The van der Waals surface area contributed by atoms with Crippen LogP contribution in [0.2, 0.25) is 0 Å². The topological polar surface area (TPSA) is 101 Å². The molecule has 1 fully saturated rings. The van der Waals surface area contributed by atoms with E-state index < -0.39 is 27.5 Å². The van der Waals surface area contributed by atoms with Crippen LogP contribution in [0, 0.1) is 17.0 Å². The highest BCUT2D eigenvalue weighted by atomic mass is 32.2. The summed E-state index contributed by atoms with van der Waals surface area (Å²) in [5.74, 6) is -1.04. The molecule has 1 aliphatic heterocycles. The maximum Gasteiger partial charge on any atom is 0.311 e. The maximum atomic E-state index is 12.9. The van der Waals surface area contributed by atoms with Gasteiger partial charge in [0, 0.05) is 11.6 Å². The number of carbonyl (C=O) groups is 2. The second-order valence-electron chi connectivity index (χ2n) is 7.73.